The number of esters is 1. The molecule has 0 N–H and O–H groups in total. The lowest BCUT2D eigenvalue weighted by atomic mass is 10.1. The van der Waals surface area contributed by atoms with Gasteiger partial charge < -0.3 is 9.47 Å². The van der Waals surface area contributed by atoms with E-state index in [4.69, 9.17) is 9.47 Å². The summed E-state index contributed by atoms with van der Waals surface area (Å²) in [4.78, 5) is 35.3. The number of aryl methyl sites for hydroxylation is 3. The smallest absolute Gasteiger partial charge is 0.316 e. The second-order valence-electron chi connectivity index (χ2n) is 6.14. The summed E-state index contributed by atoms with van der Waals surface area (Å²) in [6, 6.07) is 6.68. The highest BCUT2D eigenvalue weighted by molar-refractivity contribution is 8.00. The van der Waals surface area contributed by atoms with Gasteiger partial charge in [0.15, 0.2) is 12.4 Å². The molecule has 0 atom stereocenters. The topological polar surface area (TPSA) is 78.4 Å². The van der Waals surface area contributed by atoms with E-state index in [0.29, 0.717) is 17.1 Å². The molecule has 0 radical (unpaired) electrons. The molecule has 0 saturated heterocycles. The zero-order valence-corrected chi connectivity index (χ0v) is 17.7. The Bertz CT molecular complexity index is 1030. The van der Waals surface area contributed by atoms with Gasteiger partial charge in [0.2, 0.25) is 0 Å². The number of carbonyl (C=O) groups is 2. The van der Waals surface area contributed by atoms with E-state index in [1.165, 1.54) is 16.6 Å². The van der Waals surface area contributed by atoms with Crippen molar-refractivity contribution in [2.45, 2.75) is 25.8 Å². The number of thiophene rings is 1. The van der Waals surface area contributed by atoms with E-state index in [1.54, 1.807) is 42.7 Å². The van der Waals surface area contributed by atoms with Crippen molar-refractivity contribution in [2.75, 3.05) is 19.5 Å². The molecule has 3 aromatic rings. The van der Waals surface area contributed by atoms with Crippen molar-refractivity contribution in [3.05, 3.63) is 46.1 Å². The van der Waals surface area contributed by atoms with Gasteiger partial charge in [0, 0.05) is 15.8 Å². The predicted octanol–water partition coefficient (Wildman–Crippen LogP) is 4.14. The third-order valence-corrected chi connectivity index (χ3v) is 6.26. The van der Waals surface area contributed by atoms with Gasteiger partial charge in [0.05, 0.1) is 12.9 Å². The molecular weight excluding hydrogens is 396 g/mol. The fourth-order valence-corrected chi connectivity index (χ4v) is 4.66. The largest absolute Gasteiger partial charge is 0.497 e. The number of nitrogens with zero attached hydrogens (tertiary/aromatic N) is 2. The molecule has 1 aromatic carbocycles. The van der Waals surface area contributed by atoms with Crippen molar-refractivity contribution in [3.8, 4) is 5.75 Å². The van der Waals surface area contributed by atoms with Crippen LogP contribution >= 0.6 is 23.1 Å². The van der Waals surface area contributed by atoms with Gasteiger partial charge in [0.1, 0.15) is 21.4 Å². The van der Waals surface area contributed by atoms with Gasteiger partial charge in [-0.1, -0.05) is 11.8 Å². The maximum Gasteiger partial charge on any atom is 0.316 e. The number of benzene rings is 1. The van der Waals surface area contributed by atoms with Crippen LogP contribution in [0.2, 0.25) is 0 Å². The van der Waals surface area contributed by atoms with E-state index in [9.17, 15) is 9.59 Å². The van der Waals surface area contributed by atoms with Crippen LogP contribution < -0.4 is 4.74 Å². The van der Waals surface area contributed by atoms with Crippen molar-refractivity contribution in [1.82, 2.24) is 9.97 Å². The molecule has 0 spiro atoms. The minimum atomic E-state index is -0.458. The second-order valence-corrected chi connectivity index (χ2v) is 8.31. The summed E-state index contributed by atoms with van der Waals surface area (Å²) in [6.07, 6.45) is 0. The Labute approximate surface area is 171 Å². The van der Waals surface area contributed by atoms with Gasteiger partial charge in [0.25, 0.3) is 0 Å². The van der Waals surface area contributed by atoms with Gasteiger partial charge in [-0.15, -0.1) is 11.3 Å². The van der Waals surface area contributed by atoms with Crippen LogP contribution in [0.15, 0.2) is 29.3 Å². The molecule has 0 aliphatic rings. The van der Waals surface area contributed by atoms with Crippen LogP contribution in [0.4, 0.5) is 0 Å². The normalized spacial score (nSPS) is 10.9. The van der Waals surface area contributed by atoms with Crippen molar-refractivity contribution < 1.29 is 19.1 Å². The molecule has 0 unspecified atom stereocenters. The Hall–Kier alpha value is -2.45. The standard InChI is InChI=1S/C20H20N2O4S2/c1-11-12(2)28-20-18(11)19(21-13(3)22-20)27-10-17(24)26-9-16(23)14-5-7-15(25-4)8-6-14/h5-8H,9-10H2,1-4H3. The minimum absolute atomic E-state index is 0.0791. The van der Waals surface area contributed by atoms with E-state index in [-0.39, 0.29) is 18.1 Å². The maximum absolute atomic E-state index is 12.1. The highest BCUT2D eigenvalue weighted by atomic mass is 32.2. The number of hydrogen-bond donors (Lipinski definition) is 0. The van der Waals surface area contributed by atoms with Gasteiger partial charge in [-0.2, -0.15) is 0 Å². The fourth-order valence-electron chi connectivity index (χ4n) is 2.59. The van der Waals surface area contributed by atoms with E-state index >= 15 is 0 Å². The molecule has 3 rings (SSSR count). The summed E-state index contributed by atoms with van der Waals surface area (Å²) in [6.45, 7) is 5.62. The summed E-state index contributed by atoms with van der Waals surface area (Å²) < 4.78 is 10.2. The Morgan fingerprint density at radius 2 is 1.82 bits per heavy atom. The molecule has 6 nitrogen and oxygen atoms in total. The third kappa shape index (κ3) is 4.51. The Kier molecular flexibility index (Phi) is 6.31. The Morgan fingerprint density at radius 3 is 2.50 bits per heavy atom. The van der Waals surface area contributed by atoms with E-state index in [0.717, 1.165) is 20.8 Å². The first-order chi connectivity index (χ1) is 13.4. The van der Waals surface area contributed by atoms with Crippen molar-refractivity contribution in [2.24, 2.45) is 0 Å². The first kappa shape index (κ1) is 20.3. The van der Waals surface area contributed by atoms with E-state index in [2.05, 4.69) is 9.97 Å². The van der Waals surface area contributed by atoms with E-state index < -0.39 is 5.97 Å². The average Bonchev–Trinajstić information content (AvgIpc) is 2.97. The van der Waals surface area contributed by atoms with Crippen molar-refractivity contribution in [1.29, 1.82) is 0 Å². The lowest BCUT2D eigenvalue weighted by Crippen LogP contribution is -2.15. The lowest BCUT2D eigenvalue weighted by Gasteiger charge is -2.07. The van der Waals surface area contributed by atoms with Crippen LogP contribution in [0.25, 0.3) is 10.2 Å². The monoisotopic (exact) mass is 416 g/mol. The van der Waals surface area contributed by atoms with Gasteiger partial charge >= 0.3 is 5.97 Å². The molecule has 0 saturated carbocycles. The van der Waals surface area contributed by atoms with Crippen LogP contribution in [-0.2, 0) is 9.53 Å². The summed E-state index contributed by atoms with van der Waals surface area (Å²) >= 11 is 2.93. The number of fused-ring (bicyclic) bond motifs is 1. The number of methoxy groups -OCH3 is 1. The SMILES string of the molecule is COc1ccc(C(=O)COC(=O)CSc2nc(C)nc3sc(C)c(C)c23)cc1. The molecule has 0 aliphatic carbocycles. The predicted molar refractivity (Wildman–Crippen MR) is 111 cm³/mol. The molecular formula is C20H20N2O4S2. The van der Waals surface area contributed by atoms with Crippen LogP contribution in [0.1, 0.15) is 26.6 Å². The summed E-state index contributed by atoms with van der Waals surface area (Å²) in [5, 5.41) is 1.75. The Morgan fingerprint density at radius 1 is 1.11 bits per heavy atom. The summed E-state index contributed by atoms with van der Waals surface area (Å²) in [7, 11) is 1.56. The molecule has 2 heterocycles. The molecule has 8 heteroatoms. The average molecular weight is 417 g/mol. The van der Waals surface area contributed by atoms with Crippen molar-refractivity contribution >= 4 is 45.1 Å². The second kappa shape index (κ2) is 8.70. The lowest BCUT2D eigenvalue weighted by molar-refractivity contribution is -0.139. The highest BCUT2D eigenvalue weighted by Gasteiger charge is 2.16. The van der Waals surface area contributed by atoms with Gasteiger partial charge in [-0.3, -0.25) is 9.59 Å². The number of rotatable bonds is 7. The molecule has 2 aromatic heterocycles. The molecule has 0 bridgehead atoms. The number of thioether (sulfide) groups is 1. The first-order valence-electron chi connectivity index (χ1n) is 8.59. The minimum Gasteiger partial charge on any atom is -0.497 e. The van der Waals surface area contributed by atoms with Crippen LogP contribution in [-0.4, -0.2) is 41.2 Å². The zero-order chi connectivity index (χ0) is 20.3. The third-order valence-electron chi connectivity index (χ3n) is 4.21. The Balaban J connectivity index is 1.60. The number of aromatic nitrogens is 2. The number of hydrogen-bond acceptors (Lipinski definition) is 8. The van der Waals surface area contributed by atoms with Crippen LogP contribution in [0.5, 0.6) is 5.75 Å². The van der Waals surface area contributed by atoms with E-state index in [1.807, 2.05) is 20.8 Å². The quantitative estimate of drug-likeness (QED) is 0.248. The molecule has 0 amide bonds. The highest BCUT2D eigenvalue weighted by Crippen LogP contribution is 2.35. The van der Waals surface area contributed by atoms with Crippen LogP contribution in [0, 0.1) is 20.8 Å². The fraction of sp³-hybridized carbons (Fsp3) is 0.300. The van der Waals surface area contributed by atoms with Crippen molar-refractivity contribution in [3.63, 3.8) is 0 Å². The van der Waals surface area contributed by atoms with Crippen LogP contribution in [0.3, 0.4) is 0 Å². The van der Waals surface area contributed by atoms with Gasteiger partial charge in [-0.25, -0.2) is 9.97 Å². The number of carbonyl (C=O) groups excluding carboxylic acids is 2. The first-order valence-corrected chi connectivity index (χ1v) is 10.4. The van der Waals surface area contributed by atoms with Gasteiger partial charge in [-0.05, 0) is 50.6 Å². The molecule has 0 aliphatic heterocycles. The number of ether oxygens (including phenoxy) is 2. The summed E-state index contributed by atoms with van der Waals surface area (Å²) in [5.41, 5.74) is 1.60. The maximum atomic E-state index is 12.1. The zero-order valence-electron chi connectivity index (χ0n) is 16.1. The number of ketones is 1. The molecule has 28 heavy (non-hydrogen) atoms. The summed E-state index contributed by atoms with van der Waals surface area (Å²) in [5.74, 6) is 0.691. The molecule has 146 valence electrons. The molecule has 0 fully saturated rings. The number of Topliss-reactive ketones (excluding diaryl/α,β-unsaturated/α-hetero) is 1.